The average Bonchev–Trinajstić information content (AvgIpc) is 2.30. The summed E-state index contributed by atoms with van der Waals surface area (Å²) in [6.07, 6.45) is 2.72. The first-order chi connectivity index (χ1) is 6.84. The van der Waals surface area contributed by atoms with Crippen LogP contribution in [0.15, 0.2) is 29.4 Å². The summed E-state index contributed by atoms with van der Waals surface area (Å²) in [4.78, 5) is 8.22. The molecule has 1 rings (SSSR count). The summed E-state index contributed by atoms with van der Waals surface area (Å²) >= 11 is 0. The van der Waals surface area contributed by atoms with E-state index in [9.17, 15) is 0 Å². The summed E-state index contributed by atoms with van der Waals surface area (Å²) in [5, 5.41) is 0. The Bertz CT molecular complexity index is 254. The van der Waals surface area contributed by atoms with E-state index in [1.165, 1.54) is 0 Å². The highest BCUT2D eigenvalue weighted by atomic mass is 14.9. The molecule has 0 aromatic carbocycles. The van der Waals surface area contributed by atoms with Crippen molar-refractivity contribution in [3.05, 3.63) is 30.1 Å². The summed E-state index contributed by atoms with van der Waals surface area (Å²) < 4.78 is 0. The molecule has 0 saturated carbocycles. The Morgan fingerprint density at radius 3 is 2.64 bits per heavy atom. The van der Waals surface area contributed by atoms with E-state index in [0.717, 1.165) is 18.7 Å². The van der Waals surface area contributed by atoms with Gasteiger partial charge < -0.3 is 5.73 Å². The third-order valence-corrected chi connectivity index (χ3v) is 1.43. The highest BCUT2D eigenvalue weighted by Gasteiger charge is 1.95. The minimum Gasteiger partial charge on any atom is -0.382 e. The molecule has 0 aliphatic heterocycles. The molecule has 14 heavy (non-hydrogen) atoms. The quantitative estimate of drug-likeness (QED) is 0.591. The molecule has 0 spiro atoms. The second-order valence-electron chi connectivity index (χ2n) is 2.48. The van der Waals surface area contributed by atoms with Crippen LogP contribution in [0.3, 0.4) is 0 Å². The van der Waals surface area contributed by atoms with Crippen molar-refractivity contribution >= 4 is 5.84 Å². The fraction of sp³-hybridized carbons (Fsp3) is 0.455. The summed E-state index contributed by atoms with van der Waals surface area (Å²) in [5.41, 5.74) is 6.42. The zero-order valence-corrected chi connectivity index (χ0v) is 9.20. The van der Waals surface area contributed by atoms with E-state index in [1.807, 2.05) is 32.0 Å². The van der Waals surface area contributed by atoms with E-state index in [4.69, 9.17) is 5.73 Å². The summed E-state index contributed by atoms with van der Waals surface area (Å²) in [6, 6.07) is 5.61. The molecule has 0 atom stereocenters. The van der Waals surface area contributed by atoms with Crippen LogP contribution in [0.2, 0.25) is 0 Å². The van der Waals surface area contributed by atoms with Crippen LogP contribution >= 0.6 is 0 Å². The number of amidine groups is 1. The zero-order chi connectivity index (χ0) is 10.8. The van der Waals surface area contributed by atoms with Gasteiger partial charge in [-0.2, -0.15) is 0 Å². The smallest absolute Gasteiger partial charge is 0.144 e. The average molecular weight is 193 g/mol. The van der Waals surface area contributed by atoms with Crippen molar-refractivity contribution in [3.8, 4) is 0 Å². The number of hydrogen-bond acceptors (Lipinski definition) is 2. The van der Waals surface area contributed by atoms with Gasteiger partial charge in [-0.05, 0) is 18.6 Å². The monoisotopic (exact) mass is 193 g/mol. The standard InChI is InChI=1S/C9H13N3.C2H6/c1-2-6-12-9(10)8-5-3-4-7-11-8;1-2/h3-5,7H,2,6H2,1H3,(H2,10,12);1-2H3. The number of rotatable bonds is 3. The van der Waals surface area contributed by atoms with Gasteiger partial charge in [0.05, 0.1) is 0 Å². The fourth-order valence-corrected chi connectivity index (χ4v) is 0.828. The molecule has 0 radical (unpaired) electrons. The minimum absolute atomic E-state index is 0.525. The summed E-state index contributed by atoms with van der Waals surface area (Å²) in [7, 11) is 0. The lowest BCUT2D eigenvalue weighted by molar-refractivity contribution is 0.929. The van der Waals surface area contributed by atoms with Crippen LogP contribution in [-0.4, -0.2) is 17.4 Å². The Kier molecular flexibility index (Phi) is 7.42. The molecule has 0 amide bonds. The SMILES string of the molecule is CC.CCCN=C(N)c1ccccn1. The highest BCUT2D eigenvalue weighted by Crippen LogP contribution is 1.92. The first kappa shape index (κ1) is 12.6. The molecule has 1 heterocycles. The lowest BCUT2D eigenvalue weighted by Crippen LogP contribution is -2.15. The van der Waals surface area contributed by atoms with Crippen molar-refractivity contribution < 1.29 is 0 Å². The third-order valence-electron chi connectivity index (χ3n) is 1.43. The second-order valence-corrected chi connectivity index (χ2v) is 2.48. The van der Waals surface area contributed by atoms with Gasteiger partial charge in [-0.25, -0.2) is 0 Å². The van der Waals surface area contributed by atoms with Gasteiger partial charge in [0, 0.05) is 12.7 Å². The topological polar surface area (TPSA) is 51.3 Å². The van der Waals surface area contributed by atoms with E-state index in [2.05, 4.69) is 16.9 Å². The molecule has 0 bridgehead atoms. The van der Waals surface area contributed by atoms with E-state index in [1.54, 1.807) is 6.20 Å². The molecule has 2 N–H and O–H groups in total. The van der Waals surface area contributed by atoms with Crippen LogP contribution in [-0.2, 0) is 0 Å². The number of nitrogens with two attached hydrogens (primary N) is 1. The van der Waals surface area contributed by atoms with Gasteiger partial charge in [-0.1, -0.05) is 26.8 Å². The molecule has 0 unspecified atom stereocenters. The lowest BCUT2D eigenvalue weighted by Gasteiger charge is -1.97. The van der Waals surface area contributed by atoms with E-state index in [-0.39, 0.29) is 0 Å². The Morgan fingerprint density at radius 1 is 1.43 bits per heavy atom. The molecule has 3 heteroatoms. The van der Waals surface area contributed by atoms with Crippen molar-refractivity contribution in [1.29, 1.82) is 0 Å². The van der Waals surface area contributed by atoms with Crippen LogP contribution in [0, 0.1) is 0 Å². The van der Waals surface area contributed by atoms with Crippen molar-refractivity contribution in [2.24, 2.45) is 10.7 Å². The molecule has 1 aromatic heterocycles. The maximum Gasteiger partial charge on any atom is 0.144 e. The number of nitrogens with zero attached hydrogens (tertiary/aromatic N) is 2. The van der Waals surface area contributed by atoms with Crippen LogP contribution in [0.5, 0.6) is 0 Å². The maximum atomic E-state index is 5.67. The Labute approximate surface area is 86.1 Å². The molecule has 3 nitrogen and oxygen atoms in total. The van der Waals surface area contributed by atoms with E-state index < -0.39 is 0 Å². The molecule has 0 fully saturated rings. The van der Waals surface area contributed by atoms with Crippen LogP contribution < -0.4 is 5.73 Å². The first-order valence-electron chi connectivity index (χ1n) is 5.06. The maximum absolute atomic E-state index is 5.67. The van der Waals surface area contributed by atoms with Crippen LogP contribution in [0.25, 0.3) is 0 Å². The second kappa shape index (κ2) is 8.23. The number of pyridine rings is 1. The molecular formula is C11H19N3. The molecule has 0 saturated heterocycles. The Morgan fingerprint density at radius 2 is 2.14 bits per heavy atom. The molecule has 1 aromatic rings. The van der Waals surface area contributed by atoms with Crippen molar-refractivity contribution in [3.63, 3.8) is 0 Å². The van der Waals surface area contributed by atoms with Gasteiger partial charge in [0.25, 0.3) is 0 Å². The molecular weight excluding hydrogens is 174 g/mol. The lowest BCUT2D eigenvalue weighted by atomic mass is 10.3. The summed E-state index contributed by atoms with van der Waals surface area (Å²) in [5.74, 6) is 0.525. The number of hydrogen-bond donors (Lipinski definition) is 1. The Hall–Kier alpha value is -1.38. The molecule has 78 valence electrons. The highest BCUT2D eigenvalue weighted by molar-refractivity contribution is 5.95. The number of aliphatic imine (C=N–C) groups is 1. The Balaban J connectivity index is 0.000000791. The van der Waals surface area contributed by atoms with Crippen LogP contribution in [0.1, 0.15) is 32.9 Å². The van der Waals surface area contributed by atoms with Crippen molar-refractivity contribution in [2.45, 2.75) is 27.2 Å². The predicted octanol–water partition coefficient (Wildman–Crippen LogP) is 2.22. The van der Waals surface area contributed by atoms with Crippen LogP contribution in [0.4, 0.5) is 0 Å². The largest absolute Gasteiger partial charge is 0.382 e. The van der Waals surface area contributed by atoms with Gasteiger partial charge in [0.1, 0.15) is 11.5 Å². The summed E-state index contributed by atoms with van der Waals surface area (Å²) in [6.45, 7) is 6.83. The molecule has 0 aliphatic rings. The van der Waals surface area contributed by atoms with Gasteiger partial charge in [-0.15, -0.1) is 0 Å². The van der Waals surface area contributed by atoms with Gasteiger partial charge in [0.15, 0.2) is 0 Å². The van der Waals surface area contributed by atoms with E-state index >= 15 is 0 Å². The normalized spacial score (nSPS) is 10.4. The van der Waals surface area contributed by atoms with Gasteiger partial charge >= 0.3 is 0 Å². The zero-order valence-electron chi connectivity index (χ0n) is 9.20. The minimum atomic E-state index is 0.525. The first-order valence-corrected chi connectivity index (χ1v) is 5.06. The van der Waals surface area contributed by atoms with Crippen molar-refractivity contribution in [1.82, 2.24) is 4.98 Å². The molecule has 0 aliphatic carbocycles. The predicted molar refractivity (Wildman–Crippen MR) is 61.5 cm³/mol. The van der Waals surface area contributed by atoms with Gasteiger partial charge in [0.2, 0.25) is 0 Å². The number of aromatic nitrogens is 1. The van der Waals surface area contributed by atoms with Gasteiger partial charge in [-0.3, -0.25) is 9.98 Å². The van der Waals surface area contributed by atoms with E-state index in [0.29, 0.717) is 5.84 Å². The van der Waals surface area contributed by atoms with Crippen molar-refractivity contribution in [2.75, 3.05) is 6.54 Å². The third kappa shape index (κ3) is 4.60. The fourth-order valence-electron chi connectivity index (χ4n) is 0.828.